The molecular formula is C35H51F5O4. The fourth-order valence-corrected chi connectivity index (χ4v) is 9.40. The summed E-state index contributed by atoms with van der Waals surface area (Å²) in [6, 6.07) is 5.36. The van der Waals surface area contributed by atoms with E-state index in [4.69, 9.17) is 0 Å². The Balaban J connectivity index is 1.67. The van der Waals surface area contributed by atoms with Gasteiger partial charge in [-0.15, -0.1) is 0 Å². The summed E-state index contributed by atoms with van der Waals surface area (Å²) in [4.78, 5) is 13.6. The van der Waals surface area contributed by atoms with Crippen LogP contribution in [0.25, 0.3) is 0 Å². The van der Waals surface area contributed by atoms with Gasteiger partial charge >= 0.3 is 18.1 Å². The van der Waals surface area contributed by atoms with Crippen LogP contribution >= 0.6 is 0 Å². The molecule has 0 amide bonds. The van der Waals surface area contributed by atoms with Gasteiger partial charge in [-0.3, -0.25) is 4.79 Å². The third-order valence-corrected chi connectivity index (χ3v) is 11.8. The van der Waals surface area contributed by atoms with Gasteiger partial charge < -0.3 is 15.3 Å². The number of aliphatic hydroxyl groups excluding tert-OH is 1. The van der Waals surface area contributed by atoms with E-state index >= 15 is 0 Å². The molecule has 0 saturated heterocycles. The van der Waals surface area contributed by atoms with E-state index in [0.29, 0.717) is 25.7 Å². The van der Waals surface area contributed by atoms with E-state index in [9.17, 15) is 42.1 Å². The lowest BCUT2D eigenvalue weighted by Crippen LogP contribution is -2.54. The summed E-state index contributed by atoms with van der Waals surface area (Å²) >= 11 is 0. The van der Waals surface area contributed by atoms with Crippen molar-refractivity contribution in [2.45, 2.75) is 147 Å². The van der Waals surface area contributed by atoms with Crippen LogP contribution in [-0.2, 0) is 11.2 Å². The van der Waals surface area contributed by atoms with Crippen LogP contribution < -0.4 is 0 Å². The first-order valence-electron chi connectivity index (χ1n) is 16.9. The zero-order valence-corrected chi connectivity index (χ0v) is 26.3. The van der Waals surface area contributed by atoms with Crippen molar-refractivity contribution in [1.29, 1.82) is 0 Å². The van der Waals surface area contributed by atoms with Crippen LogP contribution in [0.15, 0.2) is 18.2 Å². The molecule has 7 atom stereocenters. The van der Waals surface area contributed by atoms with Crippen LogP contribution in [0.2, 0.25) is 0 Å². The highest BCUT2D eigenvalue weighted by Gasteiger charge is 2.63. The Bertz CT molecular complexity index is 1120. The molecule has 3 N–H and O–H groups in total. The monoisotopic (exact) mass is 630 g/mol. The predicted molar refractivity (Wildman–Crippen MR) is 160 cm³/mol. The number of rotatable bonds is 15. The molecule has 1 aromatic rings. The fourth-order valence-electron chi connectivity index (χ4n) is 9.40. The summed E-state index contributed by atoms with van der Waals surface area (Å²) in [7, 11) is 0. The largest absolute Gasteiger partial charge is 0.508 e. The standard InChI is InChI=1S/C35H51F5O4/c1-3-4-5-6-7-9-18-33(31(43)44,19-10-8-11-20-34(36,37)35(38,39)40)28-22-32(2)27(16-17-29(32)42)26-14-12-23-21-24(41)13-15-25(23)30(26)28/h13,15,21,26-30,41-42H,3-12,14,16-20,22H2,1-2H3,(H,43,44)/t26?,27?,28?,29?,30?,32-,33?/m0/s1. The number of alkyl halides is 5. The Kier molecular flexibility index (Phi) is 11.0. The third-order valence-electron chi connectivity index (χ3n) is 11.8. The number of hydrogen-bond donors (Lipinski definition) is 3. The molecule has 0 radical (unpaired) electrons. The van der Waals surface area contributed by atoms with Gasteiger partial charge in [-0.2, -0.15) is 22.0 Å². The van der Waals surface area contributed by atoms with Gasteiger partial charge in [-0.1, -0.05) is 71.3 Å². The van der Waals surface area contributed by atoms with Gasteiger partial charge in [-0.25, -0.2) is 0 Å². The van der Waals surface area contributed by atoms with Gasteiger partial charge in [0, 0.05) is 6.42 Å². The first-order chi connectivity index (χ1) is 20.7. The number of aliphatic hydroxyl groups is 1. The summed E-state index contributed by atoms with van der Waals surface area (Å²) in [5.74, 6) is -5.54. The van der Waals surface area contributed by atoms with Crippen molar-refractivity contribution < 1.29 is 42.1 Å². The second-order valence-electron chi connectivity index (χ2n) is 14.4. The smallest absolute Gasteiger partial charge is 0.453 e. The summed E-state index contributed by atoms with van der Waals surface area (Å²) in [5.41, 5.74) is 0.428. The van der Waals surface area contributed by atoms with Crippen molar-refractivity contribution >= 4 is 5.97 Å². The van der Waals surface area contributed by atoms with E-state index in [2.05, 4.69) is 13.8 Å². The number of aryl methyl sites for hydroxylation is 1. The third kappa shape index (κ3) is 6.92. The maximum absolute atomic E-state index is 13.6. The zero-order valence-electron chi connectivity index (χ0n) is 26.3. The molecule has 250 valence electrons. The number of phenols is 1. The van der Waals surface area contributed by atoms with Crippen molar-refractivity contribution in [2.75, 3.05) is 0 Å². The molecule has 0 bridgehead atoms. The number of carboxylic acid groups (broad SMARTS) is 1. The highest BCUT2D eigenvalue weighted by molar-refractivity contribution is 5.75. The molecule has 3 aliphatic rings. The van der Waals surface area contributed by atoms with E-state index < -0.39 is 41.4 Å². The van der Waals surface area contributed by atoms with Crippen LogP contribution in [0.5, 0.6) is 5.75 Å². The van der Waals surface area contributed by atoms with Gasteiger partial charge in [0.25, 0.3) is 0 Å². The van der Waals surface area contributed by atoms with Crippen LogP contribution in [0.3, 0.4) is 0 Å². The summed E-state index contributed by atoms with van der Waals surface area (Å²) in [5, 5.41) is 32.6. The number of carboxylic acids is 1. The van der Waals surface area contributed by atoms with Crippen LogP contribution in [0.4, 0.5) is 22.0 Å². The van der Waals surface area contributed by atoms with Crippen molar-refractivity contribution in [3.8, 4) is 5.75 Å². The van der Waals surface area contributed by atoms with Crippen LogP contribution in [0, 0.1) is 28.6 Å². The fraction of sp³-hybridized carbons (Fsp3) is 0.800. The Morgan fingerprint density at radius 1 is 0.909 bits per heavy atom. The van der Waals surface area contributed by atoms with E-state index in [-0.39, 0.29) is 55.1 Å². The van der Waals surface area contributed by atoms with Crippen molar-refractivity contribution in [3.05, 3.63) is 29.3 Å². The molecule has 9 heteroatoms. The number of hydrogen-bond acceptors (Lipinski definition) is 3. The zero-order chi connectivity index (χ0) is 32.3. The average molecular weight is 631 g/mol. The molecule has 1 aromatic carbocycles. The lowest BCUT2D eigenvalue weighted by molar-refractivity contribution is -0.284. The molecule has 0 aromatic heterocycles. The molecule has 2 fully saturated rings. The van der Waals surface area contributed by atoms with E-state index in [1.165, 1.54) is 0 Å². The highest BCUT2D eigenvalue weighted by atomic mass is 19.4. The summed E-state index contributed by atoms with van der Waals surface area (Å²) in [6.45, 7) is 4.23. The Hall–Kier alpha value is -1.90. The SMILES string of the molecule is CCCCCCCCC(CCCCCC(F)(F)C(F)(F)F)(C(=O)O)C1C[C@]2(C)C(O)CCC2C2CCc3cc(O)ccc3C21. The number of unbranched alkanes of at least 4 members (excludes halogenated alkanes) is 7. The first-order valence-corrected chi connectivity index (χ1v) is 16.9. The van der Waals surface area contributed by atoms with Crippen molar-refractivity contribution in [2.24, 2.45) is 28.6 Å². The second-order valence-corrected chi connectivity index (χ2v) is 14.4. The van der Waals surface area contributed by atoms with E-state index in [0.717, 1.165) is 62.5 Å². The summed E-state index contributed by atoms with van der Waals surface area (Å²) in [6.07, 6.45) is 2.69. The van der Waals surface area contributed by atoms with Gasteiger partial charge in [0.2, 0.25) is 0 Å². The van der Waals surface area contributed by atoms with E-state index in [1.807, 2.05) is 6.07 Å². The highest BCUT2D eigenvalue weighted by Crippen LogP contribution is 2.67. The molecule has 0 spiro atoms. The van der Waals surface area contributed by atoms with E-state index in [1.54, 1.807) is 12.1 Å². The molecule has 0 heterocycles. The lowest BCUT2D eigenvalue weighted by atomic mass is 9.46. The molecule has 4 rings (SSSR count). The number of phenolic OH excluding ortho intramolecular Hbond substituents is 1. The first kappa shape index (κ1) is 35.0. The van der Waals surface area contributed by atoms with Crippen molar-refractivity contribution in [3.63, 3.8) is 0 Å². The molecule has 3 aliphatic carbocycles. The lowest BCUT2D eigenvalue weighted by Gasteiger charge is -2.58. The minimum Gasteiger partial charge on any atom is -0.508 e. The summed E-state index contributed by atoms with van der Waals surface area (Å²) < 4.78 is 65.4. The second kappa shape index (κ2) is 13.8. The number of aliphatic carboxylic acids is 1. The number of carbonyl (C=O) groups is 1. The average Bonchev–Trinajstić information content (AvgIpc) is 3.25. The van der Waals surface area contributed by atoms with Gasteiger partial charge in [0.05, 0.1) is 11.5 Å². The maximum atomic E-state index is 13.6. The van der Waals surface area contributed by atoms with Gasteiger partial charge in [-0.05, 0) is 104 Å². The number of aromatic hydroxyl groups is 1. The Morgan fingerprint density at radius 2 is 1.52 bits per heavy atom. The normalized spacial score (nSPS) is 29.9. The molecular weight excluding hydrogens is 579 g/mol. The maximum Gasteiger partial charge on any atom is 0.453 e. The minimum absolute atomic E-state index is 0.0883. The van der Waals surface area contributed by atoms with Crippen molar-refractivity contribution in [1.82, 2.24) is 0 Å². The quantitative estimate of drug-likeness (QED) is 0.133. The molecule has 44 heavy (non-hydrogen) atoms. The number of fused-ring (bicyclic) bond motifs is 5. The predicted octanol–water partition coefficient (Wildman–Crippen LogP) is 9.80. The molecule has 0 aliphatic heterocycles. The van der Waals surface area contributed by atoms with Crippen LogP contribution in [-0.4, -0.2) is 39.5 Å². The topological polar surface area (TPSA) is 77.8 Å². The number of halogens is 5. The van der Waals surface area contributed by atoms with Crippen LogP contribution in [0.1, 0.15) is 134 Å². The van der Waals surface area contributed by atoms with Gasteiger partial charge in [0.1, 0.15) is 5.75 Å². The molecule has 4 nitrogen and oxygen atoms in total. The Labute approximate surface area is 258 Å². The number of benzene rings is 1. The van der Waals surface area contributed by atoms with Gasteiger partial charge in [0.15, 0.2) is 0 Å². The molecule has 2 saturated carbocycles. The molecule has 6 unspecified atom stereocenters. The Morgan fingerprint density at radius 3 is 2.16 bits per heavy atom. The minimum atomic E-state index is -5.59.